The van der Waals surface area contributed by atoms with Crippen LogP contribution in [0.3, 0.4) is 0 Å². The van der Waals surface area contributed by atoms with Crippen LogP contribution in [0.5, 0.6) is 0 Å². The van der Waals surface area contributed by atoms with Crippen molar-refractivity contribution in [3.63, 3.8) is 0 Å². The molecular weight excluding hydrogens is 162 g/mol. The summed E-state index contributed by atoms with van der Waals surface area (Å²) < 4.78 is 0. The van der Waals surface area contributed by atoms with E-state index >= 15 is 0 Å². The predicted molar refractivity (Wildman–Crippen MR) is 53.1 cm³/mol. The number of rotatable bonds is 3. The molecule has 2 nitrogen and oxygen atoms in total. The molecule has 1 rings (SSSR count). The molecule has 1 amide bonds. The molecule has 0 saturated heterocycles. The lowest BCUT2D eigenvalue weighted by atomic mass is 10.0. The van der Waals surface area contributed by atoms with E-state index in [0.29, 0.717) is 12.8 Å². The molecule has 13 heavy (non-hydrogen) atoms. The second kappa shape index (κ2) is 4.32. The quantitative estimate of drug-likeness (QED) is 0.658. The maximum Gasteiger partial charge on any atom is 0.221 e. The summed E-state index contributed by atoms with van der Waals surface area (Å²) in [5, 5.41) is 3.06. The van der Waals surface area contributed by atoms with Gasteiger partial charge < -0.3 is 5.32 Å². The van der Waals surface area contributed by atoms with Crippen LogP contribution in [-0.4, -0.2) is 11.4 Å². The molecule has 1 fully saturated rings. The van der Waals surface area contributed by atoms with Gasteiger partial charge in [0.1, 0.15) is 0 Å². The van der Waals surface area contributed by atoms with E-state index in [2.05, 4.69) is 18.2 Å². The molecule has 0 aromatic heterocycles. The third-order valence-corrected chi connectivity index (χ3v) is 2.64. The molecule has 0 unspecified atom stereocenters. The van der Waals surface area contributed by atoms with E-state index in [1.165, 1.54) is 12.8 Å². The molecule has 0 aromatic rings. The standard InChI is InChI=1S/C11H17NO/c1-3-4-7-10(13)12-11(2)8-5-6-9-11/h1H,4-9H2,2H3,(H,12,13). The molecule has 1 aliphatic rings. The van der Waals surface area contributed by atoms with E-state index in [0.717, 1.165) is 12.8 Å². The van der Waals surface area contributed by atoms with E-state index in [1.54, 1.807) is 0 Å². The second-order valence-corrected chi connectivity index (χ2v) is 4.02. The molecule has 0 spiro atoms. The van der Waals surface area contributed by atoms with Crippen LogP contribution < -0.4 is 5.32 Å². The van der Waals surface area contributed by atoms with Crippen LogP contribution in [0.25, 0.3) is 0 Å². The Morgan fingerprint density at radius 3 is 2.69 bits per heavy atom. The van der Waals surface area contributed by atoms with Gasteiger partial charge in [0.05, 0.1) is 0 Å². The number of nitrogens with one attached hydrogen (secondary N) is 1. The normalized spacial score (nSPS) is 19.4. The molecule has 0 heterocycles. The molecule has 1 saturated carbocycles. The fourth-order valence-corrected chi connectivity index (χ4v) is 1.87. The Morgan fingerprint density at radius 1 is 1.54 bits per heavy atom. The fourth-order valence-electron chi connectivity index (χ4n) is 1.87. The van der Waals surface area contributed by atoms with Gasteiger partial charge in [-0.15, -0.1) is 12.3 Å². The molecule has 1 N–H and O–H groups in total. The topological polar surface area (TPSA) is 29.1 Å². The smallest absolute Gasteiger partial charge is 0.221 e. The van der Waals surface area contributed by atoms with Crippen LogP contribution in [0.4, 0.5) is 0 Å². The van der Waals surface area contributed by atoms with E-state index < -0.39 is 0 Å². The Hall–Kier alpha value is -0.970. The fraction of sp³-hybridized carbons (Fsp3) is 0.727. The SMILES string of the molecule is C#CCCC(=O)NC1(C)CCCC1. The van der Waals surface area contributed by atoms with E-state index in [-0.39, 0.29) is 11.4 Å². The number of terminal acetylenes is 1. The predicted octanol–water partition coefficient (Wildman–Crippen LogP) is 1.85. The zero-order chi connectivity index (χ0) is 9.73. The summed E-state index contributed by atoms with van der Waals surface area (Å²) >= 11 is 0. The zero-order valence-electron chi connectivity index (χ0n) is 8.23. The van der Waals surface area contributed by atoms with Crippen molar-refractivity contribution in [3.8, 4) is 12.3 Å². The maximum absolute atomic E-state index is 11.4. The molecule has 0 aromatic carbocycles. The Kier molecular flexibility index (Phi) is 3.36. The number of carbonyl (C=O) groups excluding carboxylic acids is 1. The summed E-state index contributed by atoms with van der Waals surface area (Å²) in [6.07, 6.45) is 10.8. The minimum absolute atomic E-state index is 0.0473. The van der Waals surface area contributed by atoms with Crippen LogP contribution in [0.15, 0.2) is 0 Å². The third kappa shape index (κ3) is 3.10. The van der Waals surface area contributed by atoms with Crippen molar-refractivity contribution in [2.24, 2.45) is 0 Å². The van der Waals surface area contributed by atoms with Crippen molar-refractivity contribution in [3.05, 3.63) is 0 Å². The lowest BCUT2D eigenvalue weighted by Crippen LogP contribution is -2.43. The van der Waals surface area contributed by atoms with Gasteiger partial charge in [0.25, 0.3) is 0 Å². The first-order valence-electron chi connectivity index (χ1n) is 4.91. The van der Waals surface area contributed by atoms with E-state index in [1.807, 2.05) is 0 Å². The van der Waals surface area contributed by atoms with Crippen LogP contribution in [-0.2, 0) is 4.79 Å². The van der Waals surface area contributed by atoms with Crippen molar-refractivity contribution in [1.82, 2.24) is 5.32 Å². The van der Waals surface area contributed by atoms with E-state index in [4.69, 9.17) is 6.42 Å². The van der Waals surface area contributed by atoms with Gasteiger partial charge in [-0.1, -0.05) is 12.8 Å². The van der Waals surface area contributed by atoms with Gasteiger partial charge in [0.15, 0.2) is 0 Å². The summed E-state index contributed by atoms with van der Waals surface area (Å²) in [6, 6.07) is 0. The van der Waals surface area contributed by atoms with Gasteiger partial charge in [-0.3, -0.25) is 4.79 Å². The van der Waals surface area contributed by atoms with Gasteiger partial charge >= 0.3 is 0 Å². The summed E-state index contributed by atoms with van der Waals surface area (Å²) in [5.74, 6) is 2.57. The van der Waals surface area contributed by atoms with Crippen molar-refractivity contribution < 1.29 is 4.79 Å². The molecule has 0 bridgehead atoms. The average Bonchev–Trinajstić information content (AvgIpc) is 2.48. The Bertz CT molecular complexity index is 221. The Labute approximate surface area is 80.1 Å². The highest BCUT2D eigenvalue weighted by Gasteiger charge is 2.29. The number of hydrogen-bond donors (Lipinski definition) is 1. The zero-order valence-corrected chi connectivity index (χ0v) is 8.23. The highest BCUT2D eigenvalue weighted by atomic mass is 16.1. The maximum atomic E-state index is 11.4. The summed E-state index contributed by atoms with van der Waals surface area (Å²) in [4.78, 5) is 11.4. The van der Waals surface area contributed by atoms with Crippen molar-refractivity contribution in [2.45, 2.75) is 51.0 Å². The molecule has 2 heteroatoms. The summed E-state index contributed by atoms with van der Waals surface area (Å²) in [5.41, 5.74) is 0.0473. The molecule has 72 valence electrons. The van der Waals surface area contributed by atoms with Crippen molar-refractivity contribution >= 4 is 5.91 Å². The minimum atomic E-state index is 0.0473. The van der Waals surface area contributed by atoms with Gasteiger partial charge in [-0.25, -0.2) is 0 Å². The first kappa shape index (κ1) is 10.1. The lowest BCUT2D eigenvalue weighted by Gasteiger charge is -2.25. The molecule has 0 atom stereocenters. The minimum Gasteiger partial charge on any atom is -0.351 e. The van der Waals surface area contributed by atoms with E-state index in [9.17, 15) is 4.79 Å². The first-order valence-corrected chi connectivity index (χ1v) is 4.91. The second-order valence-electron chi connectivity index (χ2n) is 4.02. The van der Waals surface area contributed by atoms with Crippen LogP contribution in [0.2, 0.25) is 0 Å². The molecular formula is C11H17NO. The van der Waals surface area contributed by atoms with Gasteiger partial charge in [0, 0.05) is 18.4 Å². The molecule has 0 aliphatic heterocycles. The van der Waals surface area contributed by atoms with Crippen LogP contribution in [0.1, 0.15) is 45.4 Å². The van der Waals surface area contributed by atoms with Crippen molar-refractivity contribution in [1.29, 1.82) is 0 Å². The molecule has 0 radical (unpaired) electrons. The summed E-state index contributed by atoms with van der Waals surface area (Å²) in [7, 11) is 0. The number of amides is 1. The van der Waals surface area contributed by atoms with Crippen LogP contribution >= 0.6 is 0 Å². The Balaban J connectivity index is 2.31. The lowest BCUT2D eigenvalue weighted by molar-refractivity contribution is -0.122. The van der Waals surface area contributed by atoms with Gasteiger partial charge in [0.2, 0.25) is 5.91 Å². The average molecular weight is 179 g/mol. The van der Waals surface area contributed by atoms with Crippen molar-refractivity contribution in [2.75, 3.05) is 0 Å². The monoisotopic (exact) mass is 179 g/mol. The highest BCUT2D eigenvalue weighted by molar-refractivity contribution is 5.77. The highest BCUT2D eigenvalue weighted by Crippen LogP contribution is 2.28. The largest absolute Gasteiger partial charge is 0.351 e. The van der Waals surface area contributed by atoms with Gasteiger partial charge in [-0.2, -0.15) is 0 Å². The summed E-state index contributed by atoms with van der Waals surface area (Å²) in [6.45, 7) is 2.12. The third-order valence-electron chi connectivity index (χ3n) is 2.64. The number of hydrogen-bond acceptors (Lipinski definition) is 1. The van der Waals surface area contributed by atoms with Crippen LogP contribution in [0, 0.1) is 12.3 Å². The number of carbonyl (C=O) groups is 1. The van der Waals surface area contributed by atoms with Gasteiger partial charge in [-0.05, 0) is 19.8 Å². The molecule has 1 aliphatic carbocycles. The Morgan fingerprint density at radius 2 is 2.15 bits per heavy atom. The first-order chi connectivity index (χ1) is 6.16.